The van der Waals surface area contributed by atoms with E-state index in [1.54, 1.807) is 0 Å². The molecule has 1 rings (SSSR count). The predicted molar refractivity (Wildman–Crippen MR) is 70.7 cm³/mol. The van der Waals surface area contributed by atoms with Crippen LogP contribution < -0.4 is 5.73 Å². The number of hydrogen-bond acceptors (Lipinski definition) is 3. The van der Waals surface area contributed by atoms with Crippen LogP contribution >= 0.6 is 0 Å². The van der Waals surface area contributed by atoms with Crippen molar-refractivity contribution >= 4 is 5.91 Å². The summed E-state index contributed by atoms with van der Waals surface area (Å²) in [6, 6.07) is 0.420. The summed E-state index contributed by atoms with van der Waals surface area (Å²) in [5, 5.41) is 0. The fourth-order valence-electron chi connectivity index (χ4n) is 2.46. The van der Waals surface area contributed by atoms with Gasteiger partial charge in [0.25, 0.3) is 0 Å². The Bertz CT molecular complexity index is 255. The van der Waals surface area contributed by atoms with Gasteiger partial charge in [0.1, 0.15) is 0 Å². The van der Waals surface area contributed by atoms with Gasteiger partial charge >= 0.3 is 0 Å². The number of nitrogens with zero attached hydrogens (tertiary/aromatic N) is 2. The Hall–Kier alpha value is -0.610. The molecule has 0 radical (unpaired) electrons. The number of carbonyl (C=O) groups excluding carboxylic acids is 1. The highest BCUT2D eigenvalue weighted by molar-refractivity contribution is 5.82. The Kier molecular flexibility index (Phi) is 5.40. The standard InChI is InChI=1S/C13H27N3O/c1-10(2)9-16-8-6-11(3)15(4)12(5-7-14)13(16)17/h10-12H,5-9,14H2,1-4H3. The molecule has 0 saturated carbocycles. The molecule has 1 aliphatic rings. The van der Waals surface area contributed by atoms with Crippen LogP contribution in [0.5, 0.6) is 0 Å². The van der Waals surface area contributed by atoms with Gasteiger partial charge in [-0.15, -0.1) is 0 Å². The van der Waals surface area contributed by atoms with Gasteiger partial charge in [0.2, 0.25) is 5.91 Å². The van der Waals surface area contributed by atoms with E-state index in [1.807, 2.05) is 11.9 Å². The normalized spacial score (nSPS) is 27.6. The molecule has 100 valence electrons. The Balaban J connectivity index is 2.80. The lowest BCUT2D eigenvalue weighted by molar-refractivity contribution is -0.136. The molecule has 4 heteroatoms. The zero-order valence-electron chi connectivity index (χ0n) is 11.6. The van der Waals surface area contributed by atoms with E-state index < -0.39 is 0 Å². The van der Waals surface area contributed by atoms with Gasteiger partial charge in [-0.3, -0.25) is 9.69 Å². The van der Waals surface area contributed by atoms with Gasteiger partial charge in [-0.1, -0.05) is 13.8 Å². The minimum atomic E-state index is -0.0313. The molecule has 1 amide bonds. The maximum atomic E-state index is 12.5. The number of carbonyl (C=O) groups is 1. The van der Waals surface area contributed by atoms with Gasteiger partial charge in [-0.2, -0.15) is 0 Å². The van der Waals surface area contributed by atoms with E-state index >= 15 is 0 Å². The van der Waals surface area contributed by atoms with Crippen molar-refractivity contribution in [3.8, 4) is 0 Å². The van der Waals surface area contributed by atoms with Crippen LogP contribution in [0.1, 0.15) is 33.6 Å². The van der Waals surface area contributed by atoms with Crippen molar-refractivity contribution < 1.29 is 4.79 Å². The van der Waals surface area contributed by atoms with E-state index in [9.17, 15) is 4.79 Å². The van der Waals surface area contributed by atoms with Gasteiger partial charge in [0.05, 0.1) is 6.04 Å². The predicted octanol–water partition coefficient (Wildman–Crippen LogP) is 0.912. The minimum absolute atomic E-state index is 0.0313. The number of rotatable bonds is 4. The van der Waals surface area contributed by atoms with Crippen LogP contribution in [0.3, 0.4) is 0 Å². The summed E-state index contributed by atoms with van der Waals surface area (Å²) >= 11 is 0. The lowest BCUT2D eigenvalue weighted by Gasteiger charge is -2.30. The minimum Gasteiger partial charge on any atom is -0.341 e. The van der Waals surface area contributed by atoms with E-state index in [0.717, 1.165) is 25.9 Å². The first-order chi connectivity index (χ1) is 7.97. The fraction of sp³-hybridized carbons (Fsp3) is 0.923. The van der Waals surface area contributed by atoms with Crippen LogP contribution in [0.4, 0.5) is 0 Å². The second kappa shape index (κ2) is 6.36. The lowest BCUT2D eigenvalue weighted by Crippen LogP contribution is -2.47. The molecule has 1 fully saturated rings. The molecule has 1 saturated heterocycles. The third kappa shape index (κ3) is 3.68. The average Bonchev–Trinajstić information content (AvgIpc) is 2.35. The van der Waals surface area contributed by atoms with Crippen LogP contribution in [0.2, 0.25) is 0 Å². The summed E-state index contributed by atoms with van der Waals surface area (Å²) in [6.07, 6.45) is 1.81. The van der Waals surface area contributed by atoms with Crippen LogP contribution in [-0.4, -0.2) is 54.5 Å². The van der Waals surface area contributed by atoms with Crippen molar-refractivity contribution in [1.82, 2.24) is 9.80 Å². The molecule has 2 N–H and O–H groups in total. The van der Waals surface area contributed by atoms with Crippen molar-refractivity contribution in [2.45, 2.75) is 45.7 Å². The highest BCUT2D eigenvalue weighted by Crippen LogP contribution is 2.18. The monoisotopic (exact) mass is 241 g/mol. The van der Waals surface area contributed by atoms with E-state index in [0.29, 0.717) is 18.5 Å². The molecule has 2 unspecified atom stereocenters. The number of likely N-dealkylation sites (N-methyl/N-ethyl adjacent to an activating group) is 1. The van der Waals surface area contributed by atoms with Gasteiger partial charge < -0.3 is 10.6 Å². The first-order valence-electron chi connectivity index (χ1n) is 6.68. The Morgan fingerprint density at radius 2 is 2.12 bits per heavy atom. The van der Waals surface area contributed by atoms with E-state index in [4.69, 9.17) is 5.73 Å². The van der Waals surface area contributed by atoms with E-state index in [1.165, 1.54) is 0 Å². The topological polar surface area (TPSA) is 49.6 Å². The van der Waals surface area contributed by atoms with Crippen LogP contribution in [-0.2, 0) is 4.79 Å². The highest BCUT2D eigenvalue weighted by atomic mass is 16.2. The molecule has 17 heavy (non-hydrogen) atoms. The number of nitrogens with two attached hydrogens (primary N) is 1. The maximum absolute atomic E-state index is 12.5. The van der Waals surface area contributed by atoms with Crippen LogP contribution in [0.25, 0.3) is 0 Å². The second-order valence-electron chi connectivity index (χ2n) is 5.57. The number of hydrogen-bond donors (Lipinski definition) is 1. The largest absolute Gasteiger partial charge is 0.341 e. The summed E-state index contributed by atoms with van der Waals surface area (Å²) < 4.78 is 0. The summed E-state index contributed by atoms with van der Waals surface area (Å²) in [5.41, 5.74) is 5.63. The van der Waals surface area contributed by atoms with Crippen LogP contribution in [0.15, 0.2) is 0 Å². The molecule has 1 aliphatic heterocycles. The summed E-state index contributed by atoms with van der Waals surface area (Å²) in [5.74, 6) is 0.784. The zero-order chi connectivity index (χ0) is 13.0. The molecule has 0 aromatic heterocycles. The molecule has 4 nitrogen and oxygen atoms in total. The third-order valence-corrected chi connectivity index (χ3v) is 3.63. The average molecular weight is 241 g/mol. The summed E-state index contributed by atoms with van der Waals surface area (Å²) in [6.45, 7) is 8.81. The maximum Gasteiger partial charge on any atom is 0.239 e. The van der Waals surface area contributed by atoms with Crippen molar-refractivity contribution in [1.29, 1.82) is 0 Å². The summed E-state index contributed by atoms with van der Waals surface area (Å²) in [7, 11) is 2.04. The van der Waals surface area contributed by atoms with E-state index in [2.05, 4.69) is 25.7 Å². The Morgan fingerprint density at radius 1 is 1.47 bits per heavy atom. The SMILES string of the molecule is CC(C)CN1CCC(C)N(C)C(CCN)C1=O. The second-order valence-corrected chi connectivity index (χ2v) is 5.57. The zero-order valence-corrected chi connectivity index (χ0v) is 11.6. The molecule has 0 aromatic carbocycles. The molecule has 0 spiro atoms. The lowest BCUT2D eigenvalue weighted by atomic mass is 10.1. The molecule has 1 heterocycles. The van der Waals surface area contributed by atoms with Gasteiger partial charge in [0, 0.05) is 19.1 Å². The molecule has 0 bridgehead atoms. The molecule has 0 aliphatic carbocycles. The van der Waals surface area contributed by atoms with Crippen molar-refractivity contribution in [2.24, 2.45) is 11.7 Å². The van der Waals surface area contributed by atoms with Gasteiger partial charge in [-0.25, -0.2) is 0 Å². The number of amides is 1. The quantitative estimate of drug-likeness (QED) is 0.796. The van der Waals surface area contributed by atoms with Gasteiger partial charge in [-0.05, 0) is 39.3 Å². The summed E-state index contributed by atoms with van der Waals surface area (Å²) in [4.78, 5) is 16.7. The fourth-order valence-corrected chi connectivity index (χ4v) is 2.46. The van der Waals surface area contributed by atoms with Crippen molar-refractivity contribution in [2.75, 3.05) is 26.7 Å². The van der Waals surface area contributed by atoms with Crippen molar-refractivity contribution in [3.05, 3.63) is 0 Å². The highest BCUT2D eigenvalue weighted by Gasteiger charge is 2.33. The Morgan fingerprint density at radius 3 is 2.65 bits per heavy atom. The molecule has 2 atom stereocenters. The van der Waals surface area contributed by atoms with E-state index in [-0.39, 0.29) is 11.9 Å². The molecular formula is C13H27N3O. The molecule has 0 aromatic rings. The van der Waals surface area contributed by atoms with Gasteiger partial charge in [0.15, 0.2) is 0 Å². The first-order valence-corrected chi connectivity index (χ1v) is 6.68. The Labute approximate surface area is 105 Å². The molecular weight excluding hydrogens is 214 g/mol. The third-order valence-electron chi connectivity index (χ3n) is 3.63. The first kappa shape index (κ1) is 14.5. The smallest absolute Gasteiger partial charge is 0.239 e. The van der Waals surface area contributed by atoms with Crippen LogP contribution in [0, 0.1) is 5.92 Å². The van der Waals surface area contributed by atoms with Crippen molar-refractivity contribution in [3.63, 3.8) is 0 Å².